The first kappa shape index (κ1) is 13.3. The smallest absolute Gasteiger partial charge is 0.147 e. The minimum atomic E-state index is -0.524. The Morgan fingerprint density at radius 1 is 1.16 bits per heavy atom. The highest BCUT2D eigenvalue weighted by molar-refractivity contribution is 5.91. The van der Waals surface area contributed by atoms with E-state index in [1.54, 1.807) is 12.3 Å². The zero-order chi connectivity index (χ0) is 13.9. The molecule has 2 rings (SSSR count). The number of pyridine rings is 1. The van der Waals surface area contributed by atoms with E-state index >= 15 is 0 Å². The number of carbonyl (C=O) groups is 1. The van der Waals surface area contributed by atoms with Crippen molar-refractivity contribution < 1.29 is 4.79 Å². The Morgan fingerprint density at radius 3 is 2.47 bits per heavy atom. The molecule has 1 heterocycles. The van der Waals surface area contributed by atoms with Crippen molar-refractivity contribution >= 4 is 11.6 Å². The molecule has 0 aliphatic heterocycles. The third-order valence-electron chi connectivity index (χ3n) is 3.47. The summed E-state index contributed by atoms with van der Waals surface area (Å²) < 4.78 is 0. The Bertz CT molecular complexity index is 576. The van der Waals surface area contributed by atoms with E-state index in [0.717, 1.165) is 11.1 Å². The molecule has 0 aliphatic rings. The highest BCUT2D eigenvalue weighted by Gasteiger charge is 2.29. The number of nitrogens with two attached hydrogens (primary N) is 1. The lowest BCUT2D eigenvalue weighted by atomic mass is 9.78. The summed E-state index contributed by atoms with van der Waals surface area (Å²) in [4.78, 5) is 16.5. The Kier molecular flexibility index (Phi) is 3.65. The van der Waals surface area contributed by atoms with Crippen molar-refractivity contribution in [1.29, 1.82) is 0 Å². The lowest BCUT2D eigenvalue weighted by molar-refractivity contribution is -0.122. The quantitative estimate of drug-likeness (QED) is 0.912. The second kappa shape index (κ2) is 5.22. The van der Waals surface area contributed by atoms with Gasteiger partial charge in [0.15, 0.2) is 0 Å². The number of nitrogens with zero attached hydrogens (tertiary/aromatic N) is 1. The summed E-state index contributed by atoms with van der Waals surface area (Å²) in [5.74, 6) is 0.568. The third-order valence-corrected chi connectivity index (χ3v) is 3.47. The van der Waals surface area contributed by atoms with Crippen LogP contribution in [0.15, 0.2) is 48.7 Å². The van der Waals surface area contributed by atoms with Crippen molar-refractivity contribution in [2.24, 2.45) is 0 Å². The first-order chi connectivity index (χ1) is 9.01. The van der Waals surface area contributed by atoms with Crippen LogP contribution in [0.25, 0.3) is 0 Å². The van der Waals surface area contributed by atoms with Gasteiger partial charge in [-0.2, -0.15) is 0 Å². The van der Waals surface area contributed by atoms with Crippen LogP contribution in [0.4, 0.5) is 5.82 Å². The van der Waals surface area contributed by atoms with Crippen LogP contribution < -0.4 is 5.73 Å². The largest absolute Gasteiger partial charge is 0.383 e. The zero-order valence-corrected chi connectivity index (χ0v) is 11.3. The van der Waals surface area contributed by atoms with E-state index in [0.29, 0.717) is 12.2 Å². The fraction of sp³-hybridized carbons (Fsp3) is 0.250. The number of aromatic nitrogens is 1. The maximum Gasteiger partial charge on any atom is 0.147 e. The van der Waals surface area contributed by atoms with Gasteiger partial charge in [-0.3, -0.25) is 4.79 Å². The van der Waals surface area contributed by atoms with Crippen LogP contribution in [0.1, 0.15) is 25.0 Å². The first-order valence-corrected chi connectivity index (χ1v) is 6.30. The SMILES string of the molecule is CC(C)(C(=O)Cc1cccnc1N)c1ccccc1. The van der Waals surface area contributed by atoms with Gasteiger partial charge in [-0.15, -0.1) is 0 Å². The molecule has 0 aliphatic carbocycles. The first-order valence-electron chi connectivity index (χ1n) is 6.30. The number of Topliss-reactive ketones (excluding diaryl/α,β-unsaturated/α-hetero) is 1. The van der Waals surface area contributed by atoms with E-state index in [1.807, 2.05) is 50.2 Å². The van der Waals surface area contributed by atoms with Gasteiger partial charge in [0.2, 0.25) is 0 Å². The molecule has 3 heteroatoms. The van der Waals surface area contributed by atoms with E-state index in [1.165, 1.54) is 0 Å². The summed E-state index contributed by atoms with van der Waals surface area (Å²) in [6.07, 6.45) is 1.94. The highest BCUT2D eigenvalue weighted by atomic mass is 16.1. The van der Waals surface area contributed by atoms with Gasteiger partial charge in [-0.1, -0.05) is 36.4 Å². The minimum absolute atomic E-state index is 0.137. The van der Waals surface area contributed by atoms with E-state index in [9.17, 15) is 4.79 Å². The van der Waals surface area contributed by atoms with Crippen molar-refractivity contribution in [3.05, 3.63) is 59.8 Å². The van der Waals surface area contributed by atoms with E-state index < -0.39 is 5.41 Å². The average Bonchev–Trinajstić information content (AvgIpc) is 2.42. The second-order valence-electron chi connectivity index (χ2n) is 5.14. The predicted molar refractivity (Wildman–Crippen MR) is 76.8 cm³/mol. The predicted octanol–water partition coefficient (Wildman–Crippen LogP) is 2.75. The molecule has 1 aromatic heterocycles. The van der Waals surface area contributed by atoms with Crippen LogP contribution in [-0.4, -0.2) is 10.8 Å². The summed E-state index contributed by atoms with van der Waals surface area (Å²) in [6, 6.07) is 13.4. The van der Waals surface area contributed by atoms with E-state index in [-0.39, 0.29) is 5.78 Å². The third kappa shape index (κ3) is 2.81. The summed E-state index contributed by atoms with van der Waals surface area (Å²) in [5.41, 5.74) is 7.07. The Balaban J connectivity index is 2.23. The molecule has 2 aromatic rings. The molecule has 0 unspecified atom stereocenters. The summed E-state index contributed by atoms with van der Waals surface area (Å²) in [6.45, 7) is 3.88. The molecule has 19 heavy (non-hydrogen) atoms. The number of benzene rings is 1. The minimum Gasteiger partial charge on any atom is -0.383 e. The van der Waals surface area contributed by atoms with Crippen LogP contribution in [0.2, 0.25) is 0 Å². The number of carbonyl (C=O) groups excluding carboxylic acids is 1. The van der Waals surface area contributed by atoms with Crippen molar-refractivity contribution in [1.82, 2.24) is 4.98 Å². The molecule has 0 fully saturated rings. The molecule has 0 bridgehead atoms. The van der Waals surface area contributed by atoms with Crippen molar-refractivity contribution in [2.75, 3.05) is 5.73 Å². The van der Waals surface area contributed by atoms with Crippen molar-refractivity contribution in [3.8, 4) is 0 Å². The van der Waals surface area contributed by atoms with Crippen LogP contribution >= 0.6 is 0 Å². The second-order valence-corrected chi connectivity index (χ2v) is 5.14. The normalized spacial score (nSPS) is 11.3. The Morgan fingerprint density at radius 2 is 1.84 bits per heavy atom. The molecule has 0 radical (unpaired) electrons. The lowest BCUT2D eigenvalue weighted by Gasteiger charge is -2.24. The molecule has 2 N–H and O–H groups in total. The molecular weight excluding hydrogens is 236 g/mol. The fourth-order valence-corrected chi connectivity index (χ4v) is 2.01. The molecular formula is C16H18N2O. The van der Waals surface area contributed by atoms with Crippen LogP contribution in [0.5, 0.6) is 0 Å². The van der Waals surface area contributed by atoms with Gasteiger partial charge in [0.1, 0.15) is 11.6 Å². The van der Waals surface area contributed by atoms with Gasteiger partial charge in [0.05, 0.1) is 0 Å². The number of anilines is 1. The van der Waals surface area contributed by atoms with Crippen LogP contribution in [-0.2, 0) is 16.6 Å². The molecule has 3 nitrogen and oxygen atoms in total. The fourth-order valence-electron chi connectivity index (χ4n) is 2.01. The van der Waals surface area contributed by atoms with Crippen molar-refractivity contribution in [3.63, 3.8) is 0 Å². The topological polar surface area (TPSA) is 56.0 Å². The van der Waals surface area contributed by atoms with Gasteiger partial charge in [0, 0.05) is 23.6 Å². The molecule has 0 saturated carbocycles. The van der Waals surface area contributed by atoms with Gasteiger partial charge in [-0.05, 0) is 25.5 Å². The van der Waals surface area contributed by atoms with Crippen molar-refractivity contribution in [2.45, 2.75) is 25.7 Å². The van der Waals surface area contributed by atoms with Gasteiger partial charge in [0.25, 0.3) is 0 Å². The van der Waals surface area contributed by atoms with Gasteiger partial charge < -0.3 is 5.73 Å². The van der Waals surface area contributed by atoms with E-state index in [4.69, 9.17) is 5.73 Å². The maximum absolute atomic E-state index is 12.5. The molecule has 0 atom stereocenters. The van der Waals surface area contributed by atoms with Crippen LogP contribution in [0, 0.1) is 0 Å². The molecule has 0 spiro atoms. The highest BCUT2D eigenvalue weighted by Crippen LogP contribution is 2.26. The lowest BCUT2D eigenvalue weighted by Crippen LogP contribution is -2.30. The number of nitrogen functional groups attached to an aromatic ring is 1. The average molecular weight is 254 g/mol. The Hall–Kier alpha value is -2.16. The number of rotatable bonds is 4. The Labute approximate surface area is 113 Å². The summed E-state index contributed by atoms with van der Waals surface area (Å²) >= 11 is 0. The van der Waals surface area contributed by atoms with E-state index in [2.05, 4.69) is 4.98 Å². The standard InChI is InChI=1S/C16H18N2O/c1-16(2,13-8-4-3-5-9-13)14(19)11-12-7-6-10-18-15(12)17/h3-10H,11H2,1-2H3,(H2,17,18). The number of hydrogen-bond acceptors (Lipinski definition) is 3. The molecule has 98 valence electrons. The molecule has 1 aromatic carbocycles. The summed E-state index contributed by atoms with van der Waals surface area (Å²) in [5, 5.41) is 0. The van der Waals surface area contributed by atoms with Gasteiger partial charge >= 0.3 is 0 Å². The number of hydrogen-bond donors (Lipinski definition) is 1. The number of ketones is 1. The molecule has 0 saturated heterocycles. The monoisotopic (exact) mass is 254 g/mol. The maximum atomic E-state index is 12.5. The molecule has 0 amide bonds. The van der Waals surface area contributed by atoms with Crippen LogP contribution in [0.3, 0.4) is 0 Å². The summed E-state index contributed by atoms with van der Waals surface area (Å²) in [7, 11) is 0. The van der Waals surface area contributed by atoms with Gasteiger partial charge in [-0.25, -0.2) is 4.98 Å². The zero-order valence-electron chi connectivity index (χ0n) is 11.3.